The Labute approximate surface area is 99.8 Å². The molecule has 1 aromatic heterocycles. The van der Waals surface area contributed by atoms with Crippen LogP contribution in [0, 0.1) is 0 Å². The van der Waals surface area contributed by atoms with Crippen LogP contribution in [-0.2, 0) is 16.1 Å². The molecular formula is C11H18N2O2S. The summed E-state index contributed by atoms with van der Waals surface area (Å²) in [5.41, 5.74) is 6.90. The van der Waals surface area contributed by atoms with E-state index in [4.69, 9.17) is 15.2 Å². The highest BCUT2D eigenvalue weighted by Gasteiger charge is 2.24. The number of thiazole rings is 1. The Morgan fingerprint density at radius 1 is 1.69 bits per heavy atom. The first kappa shape index (κ1) is 12.0. The van der Waals surface area contributed by atoms with Gasteiger partial charge in [0.1, 0.15) is 11.1 Å². The standard InChI is InChI=1S/C11H18N2O2S/c1-7(12)10-8(6-14-2)13-11(16-10)9-4-3-5-15-9/h7,9H,3-6,12H2,1-2H3. The molecule has 0 aliphatic carbocycles. The lowest BCUT2D eigenvalue weighted by Gasteiger charge is -2.03. The normalized spacial score (nSPS) is 22.6. The summed E-state index contributed by atoms with van der Waals surface area (Å²) in [6.45, 7) is 3.35. The SMILES string of the molecule is COCc1nc(C2CCCO2)sc1C(C)N. The van der Waals surface area contributed by atoms with Gasteiger partial charge in [0, 0.05) is 24.6 Å². The minimum atomic E-state index is 0.0119. The summed E-state index contributed by atoms with van der Waals surface area (Å²) in [6, 6.07) is 0.0119. The highest BCUT2D eigenvalue weighted by Crippen LogP contribution is 2.34. The van der Waals surface area contributed by atoms with Gasteiger partial charge in [-0.1, -0.05) is 0 Å². The molecule has 0 saturated carbocycles. The van der Waals surface area contributed by atoms with E-state index in [9.17, 15) is 0 Å². The third-order valence-corrected chi connectivity index (χ3v) is 4.03. The maximum absolute atomic E-state index is 5.93. The van der Waals surface area contributed by atoms with Crippen LogP contribution in [0.25, 0.3) is 0 Å². The summed E-state index contributed by atoms with van der Waals surface area (Å²) in [7, 11) is 1.68. The van der Waals surface area contributed by atoms with Gasteiger partial charge in [0.05, 0.1) is 12.3 Å². The maximum Gasteiger partial charge on any atom is 0.122 e. The van der Waals surface area contributed by atoms with Crippen molar-refractivity contribution in [3.63, 3.8) is 0 Å². The molecule has 0 bridgehead atoms. The summed E-state index contributed by atoms with van der Waals surface area (Å²) in [5.74, 6) is 0. The molecule has 16 heavy (non-hydrogen) atoms. The zero-order valence-electron chi connectivity index (χ0n) is 9.73. The number of rotatable bonds is 4. The molecule has 0 amide bonds. The van der Waals surface area contributed by atoms with Crippen molar-refractivity contribution >= 4 is 11.3 Å². The van der Waals surface area contributed by atoms with Gasteiger partial charge in [0.15, 0.2) is 0 Å². The zero-order valence-corrected chi connectivity index (χ0v) is 10.5. The molecule has 2 atom stereocenters. The van der Waals surface area contributed by atoms with E-state index < -0.39 is 0 Å². The zero-order chi connectivity index (χ0) is 11.5. The average molecular weight is 242 g/mol. The highest BCUT2D eigenvalue weighted by atomic mass is 32.1. The summed E-state index contributed by atoms with van der Waals surface area (Å²) in [6.07, 6.45) is 2.36. The third-order valence-electron chi connectivity index (χ3n) is 2.64. The second-order valence-corrected chi connectivity index (χ2v) is 5.15. The lowest BCUT2D eigenvalue weighted by Crippen LogP contribution is -2.06. The van der Waals surface area contributed by atoms with Crippen LogP contribution in [0.1, 0.15) is 47.5 Å². The predicted octanol–water partition coefficient (Wildman–Crippen LogP) is 2.16. The quantitative estimate of drug-likeness (QED) is 0.879. The van der Waals surface area contributed by atoms with Crippen molar-refractivity contribution in [2.45, 2.75) is 38.5 Å². The molecule has 2 unspecified atom stereocenters. The Bertz CT molecular complexity index is 346. The molecule has 2 N–H and O–H groups in total. The molecule has 1 aliphatic rings. The largest absolute Gasteiger partial charge is 0.378 e. The van der Waals surface area contributed by atoms with E-state index in [2.05, 4.69) is 4.98 Å². The van der Waals surface area contributed by atoms with Gasteiger partial charge >= 0.3 is 0 Å². The number of hydrogen-bond donors (Lipinski definition) is 1. The van der Waals surface area contributed by atoms with Crippen molar-refractivity contribution in [2.24, 2.45) is 5.73 Å². The fourth-order valence-electron chi connectivity index (χ4n) is 1.89. The second kappa shape index (κ2) is 5.23. The van der Waals surface area contributed by atoms with E-state index in [0.717, 1.165) is 35.0 Å². The summed E-state index contributed by atoms with van der Waals surface area (Å²) < 4.78 is 10.8. The van der Waals surface area contributed by atoms with Gasteiger partial charge in [0.25, 0.3) is 0 Å². The molecule has 4 nitrogen and oxygen atoms in total. The molecule has 5 heteroatoms. The van der Waals surface area contributed by atoms with E-state index in [-0.39, 0.29) is 12.1 Å². The monoisotopic (exact) mass is 242 g/mol. The molecule has 0 radical (unpaired) electrons. The van der Waals surface area contributed by atoms with Crippen molar-refractivity contribution in [3.8, 4) is 0 Å². The fraction of sp³-hybridized carbons (Fsp3) is 0.727. The Kier molecular flexibility index (Phi) is 3.91. The Morgan fingerprint density at radius 2 is 2.50 bits per heavy atom. The van der Waals surface area contributed by atoms with Crippen molar-refractivity contribution in [2.75, 3.05) is 13.7 Å². The van der Waals surface area contributed by atoms with E-state index in [1.54, 1.807) is 18.4 Å². The van der Waals surface area contributed by atoms with Crippen molar-refractivity contribution in [1.29, 1.82) is 0 Å². The van der Waals surface area contributed by atoms with Gasteiger partial charge in [-0.15, -0.1) is 11.3 Å². The molecule has 1 fully saturated rings. The molecule has 0 aromatic carbocycles. The highest BCUT2D eigenvalue weighted by molar-refractivity contribution is 7.11. The van der Waals surface area contributed by atoms with Gasteiger partial charge in [-0.25, -0.2) is 4.98 Å². The van der Waals surface area contributed by atoms with Crippen LogP contribution in [0.3, 0.4) is 0 Å². The lowest BCUT2D eigenvalue weighted by atomic mass is 10.2. The number of nitrogens with zero attached hydrogens (tertiary/aromatic N) is 1. The first-order valence-electron chi connectivity index (χ1n) is 5.58. The molecule has 2 rings (SSSR count). The first-order chi connectivity index (χ1) is 7.72. The van der Waals surface area contributed by atoms with Crippen LogP contribution in [0.4, 0.5) is 0 Å². The number of nitrogens with two attached hydrogens (primary N) is 1. The topological polar surface area (TPSA) is 57.4 Å². The lowest BCUT2D eigenvalue weighted by molar-refractivity contribution is 0.111. The fourth-order valence-corrected chi connectivity index (χ4v) is 3.00. The number of ether oxygens (including phenoxy) is 2. The number of methoxy groups -OCH3 is 1. The molecular weight excluding hydrogens is 224 g/mol. The third kappa shape index (κ3) is 2.43. The van der Waals surface area contributed by atoms with Gasteiger partial charge < -0.3 is 15.2 Å². The van der Waals surface area contributed by atoms with Crippen molar-refractivity contribution in [3.05, 3.63) is 15.6 Å². The van der Waals surface area contributed by atoms with Crippen LogP contribution in [0.5, 0.6) is 0 Å². The van der Waals surface area contributed by atoms with Crippen molar-refractivity contribution < 1.29 is 9.47 Å². The van der Waals surface area contributed by atoms with Crippen molar-refractivity contribution in [1.82, 2.24) is 4.98 Å². The Morgan fingerprint density at radius 3 is 3.06 bits per heavy atom. The smallest absolute Gasteiger partial charge is 0.122 e. The molecule has 1 saturated heterocycles. The van der Waals surface area contributed by atoms with Crippen LogP contribution >= 0.6 is 11.3 Å². The van der Waals surface area contributed by atoms with Crippen LogP contribution in [0.15, 0.2) is 0 Å². The first-order valence-corrected chi connectivity index (χ1v) is 6.39. The van der Waals surface area contributed by atoms with Gasteiger partial charge in [-0.05, 0) is 19.8 Å². The van der Waals surface area contributed by atoms with E-state index in [1.807, 2.05) is 6.92 Å². The average Bonchev–Trinajstić information content (AvgIpc) is 2.83. The summed E-state index contributed by atoms with van der Waals surface area (Å²) in [4.78, 5) is 5.71. The second-order valence-electron chi connectivity index (χ2n) is 4.09. The summed E-state index contributed by atoms with van der Waals surface area (Å²) in [5, 5.41) is 1.05. The predicted molar refractivity (Wildman–Crippen MR) is 63.4 cm³/mol. The van der Waals surface area contributed by atoms with E-state index in [1.165, 1.54) is 0 Å². The maximum atomic E-state index is 5.93. The van der Waals surface area contributed by atoms with Crippen LogP contribution in [0.2, 0.25) is 0 Å². The van der Waals surface area contributed by atoms with Gasteiger partial charge in [-0.3, -0.25) is 0 Å². The van der Waals surface area contributed by atoms with Crippen LogP contribution < -0.4 is 5.73 Å². The molecule has 2 heterocycles. The van der Waals surface area contributed by atoms with Gasteiger partial charge in [0.2, 0.25) is 0 Å². The molecule has 0 spiro atoms. The molecule has 1 aromatic rings. The molecule has 1 aliphatic heterocycles. The van der Waals surface area contributed by atoms with E-state index in [0.29, 0.717) is 6.61 Å². The number of hydrogen-bond acceptors (Lipinski definition) is 5. The minimum absolute atomic E-state index is 0.0119. The van der Waals surface area contributed by atoms with Gasteiger partial charge in [-0.2, -0.15) is 0 Å². The number of aromatic nitrogens is 1. The minimum Gasteiger partial charge on any atom is -0.378 e. The Hall–Kier alpha value is -0.490. The Balaban J connectivity index is 2.22. The van der Waals surface area contributed by atoms with Crippen LogP contribution in [-0.4, -0.2) is 18.7 Å². The van der Waals surface area contributed by atoms with E-state index >= 15 is 0 Å². The molecule has 90 valence electrons. The summed E-state index contributed by atoms with van der Waals surface area (Å²) >= 11 is 1.66.